The molecule has 0 bridgehead atoms. The maximum atomic E-state index is 12.8. The number of nitrogens with one attached hydrogen (secondary N) is 1. The second-order valence-corrected chi connectivity index (χ2v) is 10.2. The van der Waals surface area contributed by atoms with Gasteiger partial charge in [0, 0.05) is 29.5 Å². The van der Waals surface area contributed by atoms with Crippen molar-refractivity contribution >= 4 is 28.4 Å². The first-order chi connectivity index (χ1) is 18.0. The molecular weight excluding hydrogens is 492 g/mol. The van der Waals surface area contributed by atoms with Gasteiger partial charge in [-0.3, -0.25) is 20.0 Å². The standard InChI is InChI=1S/C28H35ClN4O4/c1-37-21-5-6-24-22(18-21)26(23(29)19-31-24)25(34)7-10-28(27(35)32-36)11-16-33(17-12-28)15-3-2-4-20-8-13-30-14-9-20/h5-6,8-9,13-14,18-19,25,34,36H,2-4,7,10-12,15-17H2,1H3,(H,32,35)/t25-/m1/s1. The second kappa shape index (κ2) is 12.6. The number of ether oxygens (including phenoxy) is 1. The number of likely N-dealkylation sites (tertiary alicyclic amines) is 1. The summed E-state index contributed by atoms with van der Waals surface area (Å²) in [6, 6.07) is 9.56. The number of halogens is 1. The zero-order valence-electron chi connectivity index (χ0n) is 21.2. The second-order valence-electron chi connectivity index (χ2n) is 9.83. The van der Waals surface area contributed by atoms with E-state index < -0.39 is 11.5 Å². The van der Waals surface area contributed by atoms with E-state index in [-0.39, 0.29) is 5.91 Å². The number of nitrogens with zero attached hydrogens (tertiary/aromatic N) is 3. The van der Waals surface area contributed by atoms with Crippen molar-refractivity contribution in [2.75, 3.05) is 26.7 Å². The molecule has 0 unspecified atom stereocenters. The van der Waals surface area contributed by atoms with Crippen molar-refractivity contribution in [3.8, 4) is 5.75 Å². The molecular formula is C28H35ClN4O4. The van der Waals surface area contributed by atoms with E-state index >= 15 is 0 Å². The molecule has 4 rings (SSSR count). The minimum absolute atomic E-state index is 0.329. The molecule has 2 aromatic heterocycles. The van der Waals surface area contributed by atoms with Crippen LogP contribution in [-0.4, -0.2) is 57.8 Å². The highest BCUT2D eigenvalue weighted by Crippen LogP contribution is 2.41. The number of rotatable bonds is 11. The summed E-state index contributed by atoms with van der Waals surface area (Å²) < 4.78 is 5.34. The minimum Gasteiger partial charge on any atom is -0.497 e. The van der Waals surface area contributed by atoms with Gasteiger partial charge in [0.05, 0.1) is 29.2 Å². The van der Waals surface area contributed by atoms with Crippen molar-refractivity contribution in [1.82, 2.24) is 20.3 Å². The van der Waals surface area contributed by atoms with Gasteiger partial charge in [-0.25, -0.2) is 5.48 Å². The van der Waals surface area contributed by atoms with E-state index in [1.54, 1.807) is 7.11 Å². The van der Waals surface area contributed by atoms with E-state index in [4.69, 9.17) is 16.3 Å². The summed E-state index contributed by atoms with van der Waals surface area (Å²) in [5.41, 5.74) is 3.73. The number of carbonyl (C=O) groups is 1. The smallest absolute Gasteiger partial charge is 0.249 e. The Labute approximate surface area is 222 Å². The number of aliphatic hydroxyl groups excluding tert-OH is 1. The van der Waals surface area contributed by atoms with E-state index in [0.29, 0.717) is 47.5 Å². The van der Waals surface area contributed by atoms with Crippen molar-refractivity contribution in [1.29, 1.82) is 0 Å². The normalized spacial score (nSPS) is 16.4. The monoisotopic (exact) mass is 526 g/mol. The molecule has 0 saturated carbocycles. The molecule has 1 amide bonds. The van der Waals surface area contributed by atoms with Crippen LogP contribution in [0.25, 0.3) is 10.9 Å². The van der Waals surface area contributed by atoms with Gasteiger partial charge in [-0.1, -0.05) is 11.6 Å². The number of fused-ring (bicyclic) bond motifs is 1. The molecule has 1 aliphatic heterocycles. The molecule has 8 nitrogen and oxygen atoms in total. The van der Waals surface area contributed by atoms with Gasteiger partial charge in [0.25, 0.3) is 0 Å². The molecule has 1 saturated heterocycles. The molecule has 37 heavy (non-hydrogen) atoms. The molecule has 1 atom stereocenters. The number of hydroxylamine groups is 1. The number of amides is 1. The van der Waals surface area contributed by atoms with Crippen molar-refractivity contribution in [2.45, 2.75) is 51.0 Å². The molecule has 0 spiro atoms. The fourth-order valence-electron chi connectivity index (χ4n) is 5.32. The Hall–Kier alpha value is -2.78. The maximum absolute atomic E-state index is 12.8. The van der Waals surface area contributed by atoms with Crippen LogP contribution in [0, 0.1) is 5.41 Å². The molecule has 3 aromatic rings. The van der Waals surface area contributed by atoms with Crippen LogP contribution in [0.3, 0.4) is 0 Å². The fourth-order valence-corrected chi connectivity index (χ4v) is 5.60. The average molecular weight is 527 g/mol. The average Bonchev–Trinajstić information content (AvgIpc) is 2.94. The van der Waals surface area contributed by atoms with Gasteiger partial charge in [-0.2, -0.15) is 0 Å². The Morgan fingerprint density at radius 3 is 2.68 bits per heavy atom. The van der Waals surface area contributed by atoms with Crippen LogP contribution >= 0.6 is 11.6 Å². The van der Waals surface area contributed by atoms with Crippen LogP contribution in [0.5, 0.6) is 5.75 Å². The van der Waals surface area contributed by atoms with Crippen LogP contribution < -0.4 is 10.2 Å². The molecule has 1 aromatic carbocycles. The third-order valence-corrected chi connectivity index (χ3v) is 7.93. The maximum Gasteiger partial charge on any atom is 0.249 e. The predicted octanol–water partition coefficient (Wildman–Crippen LogP) is 4.72. The van der Waals surface area contributed by atoms with Gasteiger partial charge in [-0.05, 0) is 100 Å². The summed E-state index contributed by atoms with van der Waals surface area (Å²) in [7, 11) is 1.58. The molecule has 0 radical (unpaired) electrons. The number of carbonyl (C=O) groups excluding carboxylic acids is 1. The van der Waals surface area contributed by atoms with Crippen LogP contribution in [0.4, 0.5) is 0 Å². The SMILES string of the molecule is COc1ccc2ncc(Cl)c([C@H](O)CCC3(C(=O)NO)CCN(CCCCc4ccncc4)CC3)c2c1. The molecule has 0 aliphatic carbocycles. The zero-order chi connectivity index (χ0) is 26.3. The number of piperidine rings is 1. The van der Waals surface area contributed by atoms with Gasteiger partial charge in [0.1, 0.15) is 5.75 Å². The summed E-state index contributed by atoms with van der Waals surface area (Å²) in [4.78, 5) is 23.6. The lowest BCUT2D eigenvalue weighted by Crippen LogP contribution is -2.48. The first-order valence-electron chi connectivity index (χ1n) is 12.8. The number of methoxy groups -OCH3 is 1. The lowest BCUT2D eigenvalue weighted by atomic mass is 9.73. The van der Waals surface area contributed by atoms with Crippen LogP contribution in [0.1, 0.15) is 55.8 Å². The lowest BCUT2D eigenvalue weighted by molar-refractivity contribution is -0.143. The number of benzene rings is 1. The first-order valence-corrected chi connectivity index (χ1v) is 13.2. The lowest BCUT2D eigenvalue weighted by Gasteiger charge is -2.40. The number of pyridine rings is 2. The number of aliphatic hydroxyl groups is 1. The van der Waals surface area contributed by atoms with Gasteiger partial charge < -0.3 is 14.7 Å². The van der Waals surface area contributed by atoms with E-state index in [2.05, 4.69) is 27.0 Å². The number of aryl methyl sites for hydroxylation is 1. The Bertz CT molecular complexity index is 1190. The highest BCUT2D eigenvalue weighted by atomic mass is 35.5. The Balaban J connectivity index is 1.36. The summed E-state index contributed by atoms with van der Waals surface area (Å²) in [5, 5.41) is 21.8. The zero-order valence-corrected chi connectivity index (χ0v) is 22.0. The third-order valence-electron chi connectivity index (χ3n) is 7.63. The predicted molar refractivity (Wildman–Crippen MR) is 143 cm³/mol. The van der Waals surface area contributed by atoms with Crippen molar-refractivity contribution in [2.24, 2.45) is 5.41 Å². The number of hydrogen-bond donors (Lipinski definition) is 3. The van der Waals surface area contributed by atoms with Gasteiger partial charge in [-0.15, -0.1) is 0 Å². The molecule has 1 fully saturated rings. The van der Waals surface area contributed by atoms with Crippen LogP contribution in [0.15, 0.2) is 48.9 Å². The molecule has 3 N–H and O–H groups in total. The van der Waals surface area contributed by atoms with E-state index in [9.17, 15) is 15.1 Å². The molecule has 3 heterocycles. The summed E-state index contributed by atoms with van der Waals surface area (Å²) in [5.74, 6) is 0.263. The Morgan fingerprint density at radius 1 is 1.22 bits per heavy atom. The van der Waals surface area contributed by atoms with Crippen LogP contribution in [-0.2, 0) is 11.2 Å². The summed E-state index contributed by atoms with van der Waals surface area (Å²) >= 11 is 6.47. The van der Waals surface area contributed by atoms with E-state index in [1.807, 2.05) is 36.1 Å². The van der Waals surface area contributed by atoms with Gasteiger partial charge >= 0.3 is 0 Å². The van der Waals surface area contributed by atoms with Crippen molar-refractivity contribution in [3.05, 3.63) is 65.1 Å². The largest absolute Gasteiger partial charge is 0.497 e. The number of unbranched alkanes of at least 4 members (excludes halogenated alkanes) is 1. The third kappa shape index (κ3) is 6.57. The van der Waals surface area contributed by atoms with Crippen molar-refractivity contribution in [3.63, 3.8) is 0 Å². The van der Waals surface area contributed by atoms with Gasteiger partial charge in [0.2, 0.25) is 5.91 Å². The molecule has 1 aliphatic rings. The first kappa shape index (κ1) is 27.3. The molecule has 198 valence electrons. The highest BCUT2D eigenvalue weighted by molar-refractivity contribution is 6.32. The Morgan fingerprint density at radius 2 is 1.97 bits per heavy atom. The van der Waals surface area contributed by atoms with Crippen molar-refractivity contribution < 1.29 is 19.8 Å². The Kier molecular flexibility index (Phi) is 9.32. The van der Waals surface area contributed by atoms with Gasteiger partial charge in [0.15, 0.2) is 0 Å². The number of aromatic nitrogens is 2. The topological polar surface area (TPSA) is 108 Å². The number of hydrogen-bond acceptors (Lipinski definition) is 7. The quantitative estimate of drug-likeness (QED) is 0.188. The highest BCUT2D eigenvalue weighted by Gasteiger charge is 2.41. The fraction of sp³-hybridized carbons (Fsp3) is 0.464. The summed E-state index contributed by atoms with van der Waals surface area (Å²) in [6.45, 7) is 2.52. The molecule has 9 heteroatoms. The van der Waals surface area contributed by atoms with Crippen LogP contribution in [0.2, 0.25) is 5.02 Å². The minimum atomic E-state index is -0.889. The summed E-state index contributed by atoms with van der Waals surface area (Å²) in [6.07, 6.45) is 9.51. The van der Waals surface area contributed by atoms with E-state index in [0.717, 1.165) is 44.3 Å². The van der Waals surface area contributed by atoms with E-state index in [1.165, 1.54) is 11.8 Å².